The molecule has 1 aromatic rings. The Hall–Kier alpha value is -2.99. The molecule has 0 unspecified atom stereocenters. The van der Waals surface area contributed by atoms with Gasteiger partial charge in [0.2, 0.25) is 0 Å². The summed E-state index contributed by atoms with van der Waals surface area (Å²) in [6, 6.07) is 3.42. The monoisotopic (exact) mass is 675 g/mol. The predicted octanol–water partition coefficient (Wildman–Crippen LogP) is 4.32. The second kappa shape index (κ2) is 30.4. The molecule has 1 N–H and O–H groups in total. The number of unbranched alkanes of at least 4 members (excludes halogenated alkanes) is 5. The van der Waals surface area contributed by atoms with Crippen LogP contribution in [0, 0.1) is 20.2 Å². The van der Waals surface area contributed by atoms with Crippen LogP contribution in [0.5, 0.6) is 0 Å². The third kappa shape index (κ3) is 24.8. The van der Waals surface area contributed by atoms with E-state index in [2.05, 4.69) is 12.2 Å². The Bertz CT molecular complexity index is 955. The van der Waals surface area contributed by atoms with Gasteiger partial charge in [-0.15, -0.1) is 0 Å². The molecule has 0 aromatic heterocycles. The number of nitro groups is 2. The molecule has 47 heavy (non-hydrogen) atoms. The van der Waals surface area contributed by atoms with E-state index in [1.807, 2.05) is 0 Å². The zero-order valence-corrected chi connectivity index (χ0v) is 27.7. The molecule has 0 fully saturated rings. The van der Waals surface area contributed by atoms with E-state index < -0.39 is 9.85 Å². The zero-order valence-electron chi connectivity index (χ0n) is 27.7. The zero-order chi connectivity index (χ0) is 34.2. The van der Waals surface area contributed by atoms with Crippen molar-refractivity contribution in [1.29, 1.82) is 0 Å². The summed E-state index contributed by atoms with van der Waals surface area (Å²) < 4.78 is 43.2. The molecule has 270 valence electrons. The van der Waals surface area contributed by atoms with Crippen molar-refractivity contribution in [2.45, 2.75) is 51.9 Å². The summed E-state index contributed by atoms with van der Waals surface area (Å²) in [5, 5.41) is 24.8. The van der Waals surface area contributed by atoms with Crippen molar-refractivity contribution < 1.29 is 52.5 Å². The number of nitrogens with one attached hydrogen (secondary N) is 1. The number of anilines is 1. The highest BCUT2D eigenvalue weighted by Gasteiger charge is 2.19. The number of nitrogens with zero attached hydrogens (tertiary/aromatic N) is 2. The summed E-state index contributed by atoms with van der Waals surface area (Å²) in [5.74, 6) is -0.161. The van der Waals surface area contributed by atoms with Gasteiger partial charge >= 0.3 is 5.97 Å². The van der Waals surface area contributed by atoms with E-state index in [9.17, 15) is 25.0 Å². The topological polar surface area (TPSA) is 189 Å². The van der Waals surface area contributed by atoms with Crippen LogP contribution in [0.3, 0.4) is 0 Å². The quantitative estimate of drug-likeness (QED) is 0.0470. The Morgan fingerprint density at radius 2 is 1.06 bits per heavy atom. The summed E-state index contributed by atoms with van der Waals surface area (Å²) >= 11 is 0. The molecule has 0 bridgehead atoms. The fourth-order valence-corrected chi connectivity index (χ4v) is 3.95. The highest BCUT2D eigenvalue weighted by Crippen LogP contribution is 2.28. The number of hydrogen-bond acceptors (Lipinski definition) is 14. The normalized spacial score (nSPS) is 11.1. The first-order chi connectivity index (χ1) is 23.0. The number of nitro benzene ring substituents is 2. The second-order valence-corrected chi connectivity index (χ2v) is 10.2. The van der Waals surface area contributed by atoms with Gasteiger partial charge < -0.3 is 43.2 Å². The highest BCUT2D eigenvalue weighted by atomic mass is 16.6. The number of carbonyl (C=O) groups is 1. The Labute approximate surface area is 276 Å². The lowest BCUT2D eigenvalue weighted by Crippen LogP contribution is -2.16. The largest absolute Gasteiger partial charge is 0.463 e. The summed E-state index contributed by atoms with van der Waals surface area (Å²) in [5.41, 5.74) is -0.528. The first kappa shape index (κ1) is 42.0. The van der Waals surface area contributed by atoms with Gasteiger partial charge in [-0.1, -0.05) is 39.0 Å². The molecule has 16 heteroatoms. The van der Waals surface area contributed by atoms with Crippen LogP contribution >= 0.6 is 0 Å². The molecule has 1 aromatic carbocycles. The number of hydrogen-bond donors (Lipinski definition) is 1. The fraction of sp³-hybridized carbons (Fsp3) is 0.774. The fourth-order valence-electron chi connectivity index (χ4n) is 3.95. The minimum Gasteiger partial charge on any atom is -0.463 e. The van der Waals surface area contributed by atoms with Crippen LogP contribution in [-0.4, -0.2) is 121 Å². The van der Waals surface area contributed by atoms with Crippen molar-refractivity contribution in [3.05, 3.63) is 38.4 Å². The van der Waals surface area contributed by atoms with Gasteiger partial charge in [-0.25, -0.2) is 0 Å². The Balaban J connectivity index is 1.77. The number of rotatable bonds is 34. The van der Waals surface area contributed by atoms with Crippen LogP contribution in [0.25, 0.3) is 0 Å². The van der Waals surface area contributed by atoms with Crippen LogP contribution in [0.4, 0.5) is 17.1 Å². The molecule has 0 aliphatic carbocycles. The average molecular weight is 676 g/mol. The van der Waals surface area contributed by atoms with Crippen molar-refractivity contribution in [2.75, 3.05) is 111 Å². The lowest BCUT2D eigenvalue weighted by Gasteiger charge is -2.09. The van der Waals surface area contributed by atoms with Crippen molar-refractivity contribution in [2.24, 2.45) is 0 Å². The lowest BCUT2D eigenvalue weighted by molar-refractivity contribution is -0.393. The first-order valence-electron chi connectivity index (χ1n) is 16.3. The van der Waals surface area contributed by atoms with Gasteiger partial charge in [-0.05, 0) is 12.5 Å². The number of benzene rings is 1. The maximum atomic E-state index is 11.7. The van der Waals surface area contributed by atoms with Gasteiger partial charge in [0.05, 0.1) is 108 Å². The van der Waals surface area contributed by atoms with E-state index >= 15 is 0 Å². The number of carbonyl (C=O) groups excluding carboxylic acids is 1. The standard InChI is InChI=1S/C31H53N3O13/c1-2-3-4-5-6-7-8-31(35)47-26-25-46-24-23-45-22-21-44-20-19-43-18-17-42-16-15-41-14-13-40-12-11-32-29-10-9-28(33(36)37)27-30(29)34(38)39/h9-10,27,32H,2-8,11-26H2,1H3. The van der Waals surface area contributed by atoms with Gasteiger partial charge in [-0.3, -0.25) is 25.0 Å². The summed E-state index contributed by atoms with van der Waals surface area (Å²) in [7, 11) is 0. The second-order valence-electron chi connectivity index (χ2n) is 10.2. The van der Waals surface area contributed by atoms with Crippen LogP contribution in [0.2, 0.25) is 0 Å². The van der Waals surface area contributed by atoms with Crippen molar-refractivity contribution in [1.82, 2.24) is 0 Å². The Morgan fingerprint density at radius 1 is 0.617 bits per heavy atom. The Morgan fingerprint density at radius 3 is 1.53 bits per heavy atom. The van der Waals surface area contributed by atoms with E-state index in [4.69, 9.17) is 37.9 Å². The molecule has 0 aliphatic heterocycles. The van der Waals surface area contributed by atoms with E-state index in [1.165, 1.54) is 37.8 Å². The molecule has 0 aliphatic rings. The molecule has 1 rings (SSSR count). The van der Waals surface area contributed by atoms with Gasteiger partial charge in [0.1, 0.15) is 12.3 Å². The number of non-ortho nitro benzene ring substituents is 1. The summed E-state index contributed by atoms with van der Waals surface area (Å²) in [6.07, 6.45) is 7.32. The van der Waals surface area contributed by atoms with Crippen LogP contribution in [0.15, 0.2) is 18.2 Å². The SMILES string of the molecule is CCCCCCCCC(=O)OCCOCCOCCOCCOCCOCCOCCOCCNc1ccc([N+](=O)[O-])cc1[N+](=O)[O-]. The van der Waals surface area contributed by atoms with Gasteiger partial charge in [-0.2, -0.15) is 0 Å². The molecular weight excluding hydrogens is 622 g/mol. The van der Waals surface area contributed by atoms with E-state index in [0.29, 0.717) is 92.3 Å². The van der Waals surface area contributed by atoms with E-state index in [0.717, 1.165) is 18.9 Å². The minimum atomic E-state index is -0.682. The number of ether oxygens (including phenoxy) is 8. The Kier molecular flexibility index (Phi) is 27.1. The van der Waals surface area contributed by atoms with Gasteiger partial charge in [0.15, 0.2) is 0 Å². The maximum Gasteiger partial charge on any atom is 0.305 e. The molecule has 0 amide bonds. The van der Waals surface area contributed by atoms with Crippen LogP contribution in [-0.2, 0) is 42.7 Å². The van der Waals surface area contributed by atoms with Crippen molar-refractivity contribution in [3.63, 3.8) is 0 Å². The van der Waals surface area contributed by atoms with Gasteiger partial charge in [0.25, 0.3) is 11.4 Å². The lowest BCUT2D eigenvalue weighted by atomic mass is 10.1. The molecule has 0 atom stereocenters. The molecule has 0 radical (unpaired) electrons. The maximum absolute atomic E-state index is 11.7. The molecule has 0 spiro atoms. The molecule has 0 saturated carbocycles. The molecule has 0 heterocycles. The smallest absolute Gasteiger partial charge is 0.305 e. The average Bonchev–Trinajstić information content (AvgIpc) is 3.06. The first-order valence-corrected chi connectivity index (χ1v) is 16.3. The van der Waals surface area contributed by atoms with Gasteiger partial charge in [0, 0.05) is 19.0 Å². The minimum absolute atomic E-state index is 0.161. The predicted molar refractivity (Wildman–Crippen MR) is 173 cm³/mol. The highest BCUT2D eigenvalue weighted by molar-refractivity contribution is 5.69. The molecular formula is C31H53N3O13. The van der Waals surface area contributed by atoms with Crippen LogP contribution in [0.1, 0.15) is 51.9 Å². The number of esters is 1. The summed E-state index contributed by atoms with van der Waals surface area (Å²) in [6.45, 7) is 8.44. The third-order valence-corrected chi connectivity index (χ3v) is 6.41. The molecule has 16 nitrogen and oxygen atoms in total. The van der Waals surface area contributed by atoms with Crippen LogP contribution < -0.4 is 5.32 Å². The van der Waals surface area contributed by atoms with E-state index in [1.54, 1.807) is 0 Å². The van der Waals surface area contributed by atoms with Crippen molar-refractivity contribution in [3.8, 4) is 0 Å². The summed E-state index contributed by atoms with van der Waals surface area (Å²) in [4.78, 5) is 32.2. The van der Waals surface area contributed by atoms with Crippen molar-refractivity contribution >= 4 is 23.0 Å². The third-order valence-electron chi connectivity index (χ3n) is 6.41. The molecule has 0 saturated heterocycles. The van der Waals surface area contributed by atoms with E-state index in [-0.39, 0.29) is 42.8 Å².